The van der Waals surface area contributed by atoms with Crippen LogP contribution in [0, 0.1) is 0 Å². The highest BCUT2D eigenvalue weighted by molar-refractivity contribution is 5.85. The Kier molecular flexibility index (Phi) is 2.90. The second-order valence-corrected chi connectivity index (χ2v) is 4.11. The van der Waals surface area contributed by atoms with Crippen LogP contribution in [0.25, 0.3) is 10.8 Å². The van der Waals surface area contributed by atoms with Gasteiger partial charge < -0.3 is 9.84 Å². The van der Waals surface area contributed by atoms with Crippen LogP contribution in [-0.4, -0.2) is 23.8 Å². The minimum atomic E-state index is -0.989. The average molecular weight is 217 g/mol. The van der Waals surface area contributed by atoms with Gasteiger partial charge in [0.05, 0.1) is 6.61 Å². The van der Waals surface area contributed by atoms with Crippen LogP contribution in [-0.2, 0) is 10.3 Å². The van der Waals surface area contributed by atoms with E-state index in [-0.39, 0.29) is 6.61 Å². The number of hydrogen-bond donors (Lipinski definition) is 1. The molecule has 0 fully saturated rings. The first kappa shape index (κ1) is 11.0. The SMILES string of the molecule is COCC(C)(O)c1cccc2ccncc12. The normalized spacial score (nSPS) is 14.9. The number of benzene rings is 1. The zero-order chi connectivity index (χ0) is 11.6. The lowest BCUT2D eigenvalue weighted by atomic mass is 9.92. The van der Waals surface area contributed by atoms with E-state index >= 15 is 0 Å². The molecule has 0 bridgehead atoms. The molecular formula is C13H15NO2. The van der Waals surface area contributed by atoms with Crippen molar-refractivity contribution in [2.75, 3.05) is 13.7 Å². The number of fused-ring (bicyclic) bond motifs is 1. The first-order chi connectivity index (χ1) is 7.65. The van der Waals surface area contributed by atoms with Crippen LogP contribution in [0.2, 0.25) is 0 Å². The standard InChI is InChI=1S/C13H15NO2/c1-13(15,9-16-2)12-5-3-4-10-6-7-14-8-11(10)12/h3-8,15H,9H2,1-2H3. The summed E-state index contributed by atoms with van der Waals surface area (Å²) in [5.74, 6) is 0. The molecule has 0 aliphatic carbocycles. The largest absolute Gasteiger partial charge is 0.383 e. The minimum Gasteiger partial charge on any atom is -0.383 e. The van der Waals surface area contributed by atoms with E-state index < -0.39 is 5.60 Å². The molecule has 0 aliphatic heterocycles. The number of hydrogen-bond acceptors (Lipinski definition) is 3. The van der Waals surface area contributed by atoms with Gasteiger partial charge in [-0.1, -0.05) is 18.2 Å². The summed E-state index contributed by atoms with van der Waals surface area (Å²) < 4.78 is 5.04. The van der Waals surface area contributed by atoms with Gasteiger partial charge in [0, 0.05) is 24.9 Å². The zero-order valence-electron chi connectivity index (χ0n) is 9.47. The van der Waals surface area contributed by atoms with Crippen molar-refractivity contribution in [3.63, 3.8) is 0 Å². The maximum Gasteiger partial charge on any atom is 0.111 e. The van der Waals surface area contributed by atoms with Crippen molar-refractivity contribution in [1.29, 1.82) is 0 Å². The topological polar surface area (TPSA) is 42.4 Å². The van der Waals surface area contributed by atoms with Crippen molar-refractivity contribution >= 4 is 10.8 Å². The fraction of sp³-hybridized carbons (Fsp3) is 0.308. The number of aliphatic hydroxyl groups is 1. The Morgan fingerprint density at radius 1 is 1.38 bits per heavy atom. The highest BCUT2D eigenvalue weighted by Gasteiger charge is 2.24. The number of nitrogens with zero attached hydrogens (tertiary/aromatic N) is 1. The third-order valence-electron chi connectivity index (χ3n) is 2.69. The molecule has 1 unspecified atom stereocenters. The number of rotatable bonds is 3. The van der Waals surface area contributed by atoms with Crippen molar-refractivity contribution in [3.8, 4) is 0 Å². The Morgan fingerprint density at radius 2 is 2.19 bits per heavy atom. The second-order valence-electron chi connectivity index (χ2n) is 4.11. The molecule has 1 atom stereocenters. The van der Waals surface area contributed by atoms with Crippen molar-refractivity contribution in [3.05, 3.63) is 42.2 Å². The molecule has 3 nitrogen and oxygen atoms in total. The van der Waals surface area contributed by atoms with Gasteiger partial charge in [-0.15, -0.1) is 0 Å². The summed E-state index contributed by atoms with van der Waals surface area (Å²) in [6.45, 7) is 2.01. The van der Waals surface area contributed by atoms with Gasteiger partial charge in [0.1, 0.15) is 5.60 Å². The molecule has 0 aliphatic rings. The van der Waals surface area contributed by atoms with Gasteiger partial charge in [0.15, 0.2) is 0 Å². The van der Waals surface area contributed by atoms with Crippen molar-refractivity contribution < 1.29 is 9.84 Å². The first-order valence-corrected chi connectivity index (χ1v) is 5.20. The van der Waals surface area contributed by atoms with Crippen LogP contribution in [0.5, 0.6) is 0 Å². The van der Waals surface area contributed by atoms with E-state index in [4.69, 9.17) is 4.74 Å². The van der Waals surface area contributed by atoms with Gasteiger partial charge in [-0.25, -0.2) is 0 Å². The predicted octanol–water partition coefficient (Wildman–Crippen LogP) is 2.09. The molecule has 0 radical (unpaired) electrons. The monoisotopic (exact) mass is 217 g/mol. The van der Waals surface area contributed by atoms with Crippen LogP contribution >= 0.6 is 0 Å². The van der Waals surface area contributed by atoms with E-state index in [1.165, 1.54) is 0 Å². The van der Waals surface area contributed by atoms with Gasteiger partial charge in [0.25, 0.3) is 0 Å². The molecule has 3 heteroatoms. The van der Waals surface area contributed by atoms with Crippen LogP contribution < -0.4 is 0 Å². The molecule has 0 saturated heterocycles. The fourth-order valence-electron chi connectivity index (χ4n) is 1.94. The molecule has 1 aromatic heterocycles. The predicted molar refractivity (Wildman–Crippen MR) is 63.2 cm³/mol. The summed E-state index contributed by atoms with van der Waals surface area (Å²) in [5, 5.41) is 12.4. The molecular weight excluding hydrogens is 202 g/mol. The molecule has 84 valence electrons. The molecule has 2 rings (SSSR count). The number of ether oxygens (including phenoxy) is 1. The Bertz CT molecular complexity index is 489. The summed E-state index contributed by atoms with van der Waals surface area (Å²) in [5.41, 5.74) is -0.142. The number of methoxy groups -OCH3 is 1. The Hall–Kier alpha value is -1.45. The number of pyridine rings is 1. The van der Waals surface area contributed by atoms with Gasteiger partial charge in [0.2, 0.25) is 0 Å². The van der Waals surface area contributed by atoms with Gasteiger partial charge in [-0.2, -0.15) is 0 Å². The van der Waals surface area contributed by atoms with E-state index in [9.17, 15) is 5.11 Å². The highest BCUT2D eigenvalue weighted by atomic mass is 16.5. The maximum atomic E-state index is 10.3. The zero-order valence-corrected chi connectivity index (χ0v) is 9.47. The van der Waals surface area contributed by atoms with E-state index in [1.54, 1.807) is 26.4 Å². The molecule has 1 heterocycles. The van der Waals surface area contributed by atoms with Crippen LogP contribution in [0.1, 0.15) is 12.5 Å². The summed E-state index contributed by atoms with van der Waals surface area (Å²) in [4.78, 5) is 4.10. The smallest absolute Gasteiger partial charge is 0.111 e. The molecule has 0 amide bonds. The lowest BCUT2D eigenvalue weighted by Crippen LogP contribution is -2.27. The van der Waals surface area contributed by atoms with Crippen LogP contribution in [0.4, 0.5) is 0 Å². The van der Waals surface area contributed by atoms with Gasteiger partial charge >= 0.3 is 0 Å². The molecule has 0 saturated carbocycles. The Morgan fingerprint density at radius 3 is 2.94 bits per heavy atom. The number of aromatic nitrogens is 1. The van der Waals surface area contributed by atoms with E-state index in [0.717, 1.165) is 16.3 Å². The lowest BCUT2D eigenvalue weighted by molar-refractivity contribution is -0.0197. The van der Waals surface area contributed by atoms with Crippen molar-refractivity contribution in [2.45, 2.75) is 12.5 Å². The van der Waals surface area contributed by atoms with Crippen molar-refractivity contribution in [1.82, 2.24) is 4.98 Å². The van der Waals surface area contributed by atoms with Gasteiger partial charge in [-0.3, -0.25) is 4.98 Å². The average Bonchev–Trinajstić information content (AvgIpc) is 2.28. The summed E-state index contributed by atoms with van der Waals surface area (Å²) >= 11 is 0. The summed E-state index contributed by atoms with van der Waals surface area (Å²) in [6.07, 6.45) is 3.52. The van der Waals surface area contributed by atoms with E-state index in [1.807, 2.05) is 24.3 Å². The maximum absolute atomic E-state index is 10.3. The molecule has 2 aromatic rings. The van der Waals surface area contributed by atoms with Crippen molar-refractivity contribution in [2.24, 2.45) is 0 Å². The fourth-order valence-corrected chi connectivity index (χ4v) is 1.94. The van der Waals surface area contributed by atoms with E-state index in [0.29, 0.717) is 0 Å². The summed E-state index contributed by atoms with van der Waals surface area (Å²) in [7, 11) is 1.58. The first-order valence-electron chi connectivity index (χ1n) is 5.20. The molecule has 1 N–H and O–H groups in total. The molecule has 1 aromatic carbocycles. The van der Waals surface area contributed by atoms with Gasteiger partial charge in [-0.05, 0) is 23.9 Å². The van der Waals surface area contributed by atoms with Crippen LogP contribution in [0.15, 0.2) is 36.7 Å². The summed E-state index contributed by atoms with van der Waals surface area (Å²) in [6, 6.07) is 7.77. The van der Waals surface area contributed by atoms with Crippen LogP contribution in [0.3, 0.4) is 0 Å². The quantitative estimate of drug-likeness (QED) is 0.856. The third-order valence-corrected chi connectivity index (χ3v) is 2.69. The lowest BCUT2D eigenvalue weighted by Gasteiger charge is -2.24. The minimum absolute atomic E-state index is 0.265. The highest BCUT2D eigenvalue weighted by Crippen LogP contribution is 2.28. The molecule has 0 spiro atoms. The second kappa shape index (κ2) is 4.20. The Balaban J connectivity index is 2.60. The Labute approximate surface area is 94.7 Å². The third kappa shape index (κ3) is 1.92. The van der Waals surface area contributed by atoms with E-state index in [2.05, 4.69) is 4.98 Å². The molecule has 16 heavy (non-hydrogen) atoms.